The summed E-state index contributed by atoms with van der Waals surface area (Å²) in [5.41, 5.74) is 0.440. The van der Waals surface area contributed by atoms with Crippen LogP contribution in [0.2, 0.25) is 0 Å². The van der Waals surface area contributed by atoms with Gasteiger partial charge in [-0.2, -0.15) is 0 Å². The quantitative estimate of drug-likeness (QED) is 0.873. The summed E-state index contributed by atoms with van der Waals surface area (Å²) in [6, 6.07) is 3.72. The average Bonchev–Trinajstić information content (AvgIpc) is 3.10. The summed E-state index contributed by atoms with van der Waals surface area (Å²) in [6.07, 6.45) is 1.84. The van der Waals surface area contributed by atoms with E-state index >= 15 is 0 Å². The van der Waals surface area contributed by atoms with E-state index in [1.807, 2.05) is 0 Å². The number of carbonyl (C=O) groups excluding carboxylic acids is 2. The van der Waals surface area contributed by atoms with Gasteiger partial charge >= 0.3 is 6.03 Å². The Hall–Kier alpha value is -2.51. The van der Waals surface area contributed by atoms with Crippen LogP contribution in [0.1, 0.15) is 25.7 Å². The summed E-state index contributed by atoms with van der Waals surface area (Å²) >= 11 is 0. The predicted molar refractivity (Wildman–Crippen MR) is 99.0 cm³/mol. The number of piperidine rings is 1. The summed E-state index contributed by atoms with van der Waals surface area (Å²) in [5, 5.41) is 2.73. The van der Waals surface area contributed by atoms with Crippen LogP contribution < -0.4 is 14.8 Å². The van der Waals surface area contributed by atoms with Crippen LogP contribution in [0, 0.1) is 0 Å². The van der Waals surface area contributed by atoms with Gasteiger partial charge in [0, 0.05) is 25.6 Å². The third-order valence-corrected chi connectivity index (χ3v) is 5.11. The number of anilines is 1. The third-order valence-electron chi connectivity index (χ3n) is 5.11. The van der Waals surface area contributed by atoms with E-state index in [1.54, 1.807) is 23.1 Å². The largest absolute Gasteiger partial charge is 0.497 e. The fraction of sp³-hybridized carbons (Fsp3) is 0.579. The van der Waals surface area contributed by atoms with E-state index in [0.717, 1.165) is 19.3 Å². The number of rotatable bonds is 4. The normalized spacial score (nSPS) is 22.5. The summed E-state index contributed by atoms with van der Waals surface area (Å²) in [5.74, 6) is 0.859. The number of urea groups is 1. The zero-order valence-electron chi connectivity index (χ0n) is 15.7. The van der Waals surface area contributed by atoms with Crippen molar-refractivity contribution >= 4 is 17.6 Å². The number of nitrogens with one attached hydrogen (secondary N) is 1. The van der Waals surface area contributed by atoms with E-state index < -0.39 is 18.2 Å². The molecule has 2 aliphatic rings. The number of halogens is 1. The fourth-order valence-corrected chi connectivity index (χ4v) is 3.66. The highest BCUT2D eigenvalue weighted by atomic mass is 19.1. The van der Waals surface area contributed by atoms with Gasteiger partial charge in [0.25, 0.3) is 0 Å². The van der Waals surface area contributed by atoms with Gasteiger partial charge in [-0.05, 0) is 31.4 Å². The topological polar surface area (TPSA) is 71.1 Å². The minimum absolute atomic E-state index is 0.0441. The van der Waals surface area contributed by atoms with Crippen LogP contribution >= 0.6 is 0 Å². The number of methoxy groups -OCH3 is 2. The number of nitrogens with zero attached hydrogens (tertiary/aromatic N) is 2. The third kappa shape index (κ3) is 4.26. The first-order chi connectivity index (χ1) is 13.0. The summed E-state index contributed by atoms with van der Waals surface area (Å²) in [7, 11) is 3.02. The maximum Gasteiger partial charge on any atom is 0.322 e. The van der Waals surface area contributed by atoms with Crippen LogP contribution in [0.15, 0.2) is 18.2 Å². The molecule has 8 heteroatoms. The van der Waals surface area contributed by atoms with Gasteiger partial charge in [0.15, 0.2) is 0 Å². The zero-order valence-corrected chi connectivity index (χ0v) is 15.7. The van der Waals surface area contributed by atoms with Crippen LogP contribution in [-0.2, 0) is 4.79 Å². The molecule has 1 aromatic rings. The molecule has 7 nitrogen and oxygen atoms in total. The van der Waals surface area contributed by atoms with Gasteiger partial charge in [0.2, 0.25) is 5.91 Å². The van der Waals surface area contributed by atoms with Gasteiger partial charge < -0.3 is 24.6 Å². The molecular formula is C19H26FN3O4. The van der Waals surface area contributed by atoms with Crippen LogP contribution in [0.4, 0.5) is 14.9 Å². The molecule has 2 heterocycles. The summed E-state index contributed by atoms with van der Waals surface area (Å²) < 4.78 is 24.5. The number of hydrogen-bond donors (Lipinski definition) is 1. The number of carbonyl (C=O) groups is 2. The van der Waals surface area contributed by atoms with Crippen LogP contribution in [0.5, 0.6) is 11.5 Å². The van der Waals surface area contributed by atoms with E-state index in [-0.39, 0.29) is 18.9 Å². The van der Waals surface area contributed by atoms with Gasteiger partial charge in [0.1, 0.15) is 23.7 Å². The minimum Gasteiger partial charge on any atom is -0.497 e. The van der Waals surface area contributed by atoms with Crippen molar-refractivity contribution in [2.45, 2.75) is 37.9 Å². The van der Waals surface area contributed by atoms with Crippen molar-refractivity contribution in [2.24, 2.45) is 0 Å². The van der Waals surface area contributed by atoms with Gasteiger partial charge in [0.05, 0.1) is 26.5 Å². The lowest BCUT2D eigenvalue weighted by Gasteiger charge is -2.32. The van der Waals surface area contributed by atoms with Gasteiger partial charge in [-0.15, -0.1) is 0 Å². The Kier molecular flexibility index (Phi) is 6.03. The molecule has 2 fully saturated rings. The SMILES string of the molecule is COc1ccc(NC(=O)N2C[C@@H](F)C[C@H]2C(=O)N2CCCCC2)c(OC)c1. The summed E-state index contributed by atoms with van der Waals surface area (Å²) in [6.45, 7) is 1.26. The van der Waals surface area contributed by atoms with Crippen LogP contribution in [-0.4, -0.2) is 67.8 Å². The minimum atomic E-state index is -1.20. The first-order valence-corrected chi connectivity index (χ1v) is 9.26. The van der Waals surface area contributed by atoms with E-state index in [9.17, 15) is 14.0 Å². The highest BCUT2D eigenvalue weighted by Gasteiger charge is 2.42. The first kappa shape index (κ1) is 19.3. The van der Waals surface area contributed by atoms with E-state index in [1.165, 1.54) is 19.1 Å². The number of alkyl halides is 1. The van der Waals surface area contributed by atoms with E-state index in [2.05, 4.69) is 5.32 Å². The van der Waals surface area contributed by atoms with Gasteiger partial charge in [-0.1, -0.05) is 0 Å². The molecule has 3 rings (SSSR count). The van der Waals surface area contributed by atoms with E-state index in [4.69, 9.17) is 9.47 Å². The van der Waals surface area contributed by atoms with Gasteiger partial charge in [-0.3, -0.25) is 4.79 Å². The average molecular weight is 379 g/mol. The predicted octanol–water partition coefficient (Wildman–Crippen LogP) is 2.66. The smallest absolute Gasteiger partial charge is 0.322 e. The molecule has 0 bridgehead atoms. The number of ether oxygens (including phenoxy) is 2. The Morgan fingerprint density at radius 3 is 2.56 bits per heavy atom. The molecule has 1 N–H and O–H groups in total. The molecule has 0 spiro atoms. The first-order valence-electron chi connectivity index (χ1n) is 9.26. The Labute approximate surface area is 158 Å². The molecular weight excluding hydrogens is 353 g/mol. The molecule has 0 aromatic heterocycles. The highest BCUT2D eigenvalue weighted by molar-refractivity contribution is 5.95. The highest BCUT2D eigenvalue weighted by Crippen LogP contribution is 2.30. The molecule has 2 atom stereocenters. The van der Waals surface area contributed by atoms with Crippen LogP contribution in [0.3, 0.4) is 0 Å². The number of benzene rings is 1. The zero-order chi connectivity index (χ0) is 19.4. The molecule has 0 radical (unpaired) electrons. The van der Waals surface area contributed by atoms with Crippen molar-refractivity contribution in [1.29, 1.82) is 0 Å². The molecule has 0 unspecified atom stereocenters. The molecule has 0 aliphatic carbocycles. The second-order valence-electron chi connectivity index (χ2n) is 6.88. The van der Waals surface area contributed by atoms with Crippen molar-refractivity contribution in [3.63, 3.8) is 0 Å². The van der Waals surface area contributed by atoms with Crippen molar-refractivity contribution in [2.75, 3.05) is 39.2 Å². The van der Waals surface area contributed by atoms with Crippen molar-refractivity contribution in [1.82, 2.24) is 9.80 Å². The lowest BCUT2D eigenvalue weighted by atomic mass is 10.1. The van der Waals surface area contributed by atoms with Crippen LogP contribution in [0.25, 0.3) is 0 Å². The Bertz CT molecular complexity index is 694. The molecule has 2 saturated heterocycles. The standard InChI is InChI=1S/C19H26FN3O4/c1-26-14-6-7-15(17(11-14)27-2)21-19(25)23-12-13(20)10-16(23)18(24)22-8-4-3-5-9-22/h6-7,11,13,16H,3-5,8-10,12H2,1-2H3,(H,21,25)/t13-,16-/m0/s1. The molecule has 3 amide bonds. The Morgan fingerprint density at radius 2 is 1.89 bits per heavy atom. The van der Waals surface area contributed by atoms with Crippen molar-refractivity contribution in [3.05, 3.63) is 18.2 Å². The molecule has 2 aliphatic heterocycles. The monoisotopic (exact) mass is 379 g/mol. The van der Waals surface area contributed by atoms with Crippen molar-refractivity contribution < 1.29 is 23.5 Å². The number of amides is 3. The molecule has 1 aromatic carbocycles. The number of hydrogen-bond acceptors (Lipinski definition) is 4. The lowest BCUT2D eigenvalue weighted by molar-refractivity contribution is -0.136. The molecule has 27 heavy (non-hydrogen) atoms. The Morgan fingerprint density at radius 1 is 1.15 bits per heavy atom. The second-order valence-corrected chi connectivity index (χ2v) is 6.88. The van der Waals surface area contributed by atoms with E-state index in [0.29, 0.717) is 30.3 Å². The second kappa shape index (κ2) is 8.45. The molecule has 0 saturated carbocycles. The van der Waals surface area contributed by atoms with Gasteiger partial charge in [-0.25, -0.2) is 9.18 Å². The van der Waals surface area contributed by atoms with Crippen molar-refractivity contribution in [3.8, 4) is 11.5 Å². The lowest BCUT2D eigenvalue weighted by Crippen LogP contribution is -2.50. The Balaban J connectivity index is 1.73. The summed E-state index contributed by atoms with van der Waals surface area (Å²) in [4.78, 5) is 28.6. The molecule has 148 valence electrons. The fourth-order valence-electron chi connectivity index (χ4n) is 3.66. The maximum atomic E-state index is 14.1. The number of likely N-dealkylation sites (tertiary alicyclic amines) is 2. The maximum absolute atomic E-state index is 14.1.